The van der Waals surface area contributed by atoms with Gasteiger partial charge in [0, 0.05) is 0 Å². The third-order valence-electron chi connectivity index (χ3n) is 2.02. The second-order valence-electron chi connectivity index (χ2n) is 3.07. The normalized spacial score (nSPS) is 10.1. The molecule has 0 atom stereocenters. The number of nitrogens with one attached hydrogen (secondary N) is 1. The van der Waals surface area contributed by atoms with Gasteiger partial charge in [-0.05, 0) is 19.1 Å². The van der Waals surface area contributed by atoms with E-state index in [9.17, 15) is 4.79 Å². The average Bonchev–Trinajstić information content (AvgIpc) is 2.89. The molecule has 6 nitrogen and oxygen atoms in total. The molecule has 0 aliphatic rings. The SMILES string of the molecule is COC(=O)Nc1c(C)noc1-c1ccco1. The van der Waals surface area contributed by atoms with Crippen LogP contribution in [0.15, 0.2) is 27.3 Å². The van der Waals surface area contributed by atoms with Crippen molar-refractivity contribution in [1.82, 2.24) is 5.16 Å². The minimum Gasteiger partial charge on any atom is -0.461 e. The van der Waals surface area contributed by atoms with Crippen LogP contribution in [0.4, 0.5) is 10.5 Å². The van der Waals surface area contributed by atoms with Gasteiger partial charge >= 0.3 is 6.09 Å². The Kier molecular flexibility index (Phi) is 2.63. The van der Waals surface area contributed by atoms with Crippen molar-refractivity contribution in [2.75, 3.05) is 12.4 Å². The molecule has 1 amide bonds. The monoisotopic (exact) mass is 222 g/mol. The molecule has 0 saturated heterocycles. The number of ether oxygens (including phenoxy) is 1. The molecule has 0 bridgehead atoms. The molecule has 0 aliphatic heterocycles. The van der Waals surface area contributed by atoms with Crippen molar-refractivity contribution in [3.8, 4) is 11.5 Å². The van der Waals surface area contributed by atoms with Gasteiger partial charge in [0.05, 0.1) is 13.4 Å². The van der Waals surface area contributed by atoms with Gasteiger partial charge < -0.3 is 13.7 Å². The Morgan fingerprint density at radius 1 is 1.56 bits per heavy atom. The van der Waals surface area contributed by atoms with Crippen LogP contribution in [-0.2, 0) is 4.74 Å². The number of aryl methyl sites for hydroxylation is 1. The number of aromatic nitrogens is 1. The van der Waals surface area contributed by atoms with Gasteiger partial charge in [0.15, 0.2) is 5.76 Å². The fraction of sp³-hybridized carbons (Fsp3) is 0.200. The van der Waals surface area contributed by atoms with Gasteiger partial charge in [-0.1, -0.05) is 5.16 Å². The Bertz CT molecular complexity index is 487. The molecule has 2 aromatic rings. The Morgan fingerprint density at radius 3 is 3.00 bits per heavy atom. The van der Waals surface area contributed by atoms with E-state index in [-0.39, 0.29) is 0 Å². The van der Waals surface area contributed by atoms with E-state index >= 15 is 0 Å². The number of hydrogen-bond donors (Lipinski definition) is 1. The Balaban J connectivity index is 2.36. The molecular weight excluding hydrogens is 212 g/mol. The van der Waals surface area contributed by atoms with Gasteiger partial charge in [-0.3, -0.25) is 5.32 Å². The summed E-state index contributed by atoms with van der Waals surface area (Å²) in [6, 6.07) is 3.43. The summed E-state index contributed by atoms with van der Waals surface area (Å²) in [7, 11) is 1.28. The first-order valence-corrected chi connectivity index (χ1v) is 4.57. The zero-order chi connectivity index (χ0) is 11.5. The first kappa shape index (κ1) is 10.3. The highest BCUT2D eigenvalue weighted by molar-refractivity contribution is 5.89. The molecule has 0 unspecified atom stereocenters. The lowest BCUT2D eigenvalue weighted by molar-refractivity contribution is 0.187. The van der Waals surface area contributed by atoms with Crippen LogP contribution in [0, 0.1) is 6.92 Å². The summed E-state index contributed by atoms with van der Waals surface area (Å²) in [5.74, 6) is 0.861. The first-order valence-electron chi connectivity index (χ1n) is 4.57. The number of furan rings is 1. The summed E-state index contributed by atoms with van der Waals surface area (Å²) in [6.07, 6.45) is 0.925. The molecule has 0 saturated carbocycles. The zero-order valence-electron chi connectivity index (χ0n) is 8.81. The van der Waals surface area contributed by atoms with Crippen molar-refractivity contribution in [3.63, 3.8) is 0 Å². The third-order valence-corrected chi connectivity index (χ3v) is 2.02. The van der Waals surface area contributed by atoms with E-state index in [0.29, 0.717) is 22.9 Å². The van der Waals surface area contributed by atoms with E-state index < -0.39 is 6.09 Å². The molecule has 2 rings (SSSR count). The molecular formula is C10H10N2O4. The largest absolute Gasteiger partial charge is 0.461 e. The highest BCUT2D eigenvalue weighted by Gasteiger charge is 2.19. The summed E-state index contributed by atoms with van der Waals surface area (Å²) in [5.41, 5.74) is 0.999. The van der Waals surface area contributed by atoms with Gasteiger partial charge in [-0.2, -0.15) is 0 Å². The standard InChI is InChI=1S/C10H10N2O4/c1-6-8(11-10(13)14-2)9(16-12-6)7-4-3-5-15-7/h3-5H,1-2H3,(H,11,13). The predicted molar refractivity (Wildman–Crippen MR) is 55.0 cm³/mol. The number of rotatable bonds is 2. The molecule has 2 heterocycles. The number of carbonyl (C=O) groups excluding carboxylic acids is 1. The lowest BCUT2D eigenvalue weighted by atomic mass is 10.2. The molecule has 0 aromatic carbocycles. The molecule has 0 fully saturated rings. The summed E-state index contributed by atoms with van der Waals surface area (Å²) < 4.78 is 14.7. The lowest BCUT2D eigenvalue weighted by Crippen LogP contribution is -2.11. The van der Waals surface area contributed by atoms with Crippen LogP contribution in [0.5, 0.6) is 0 Å². The summed E-state index contributed by atoms with van der Waals surface area (Å²) in [6.45, 7) is 1.71. The highest BCUT2D eigenvalue weighted by Crippen LogP contribution is 2.30. The maximum atomic E-state index is 11.1. The Hall–Kier alpha value is -2.24. The van der Waals surface area contributed by atoms with Crippen LogP contribution in [-0.4, -0.2) is 18.4 Å². The molecule has 0 spiro atoms. The maximum Gasteiger partial charge on any atom is 0.411 e. The number of carbonyl (C=O) groups is 1. The van der Waals surface area contributed by atoms with Crippen molar-refractivity contribution in [2.24, 2.45) is 0 Å². The van der Waals surface area contributed by atoms with Crippen molar-refractivity contribution in [3.05, 3.63) is 24.1 Å². The highest BCUT2D eigenvalue weighted by atomic mass is 16.5. The van der Waals surface area contributed by atoms with Crippen LogP contribution in [0.25, 0.3) is 11.5 Å². The molecule has 1 N–H and O–H groups in total. The van der Waals surface area contributed by atoms with Crippen LogP contribution < -0.4 is 5.32 Å². The van der Waals surface area contributed by atoms with Gasteiger partial charge in [0.25, 0.3) is 0 Å². The van der Waals surface area contributed by atoms with Gasteiger partial charge in [0.1, 0.15) is 11.4 Å². The predicted octanol–water partition coefficient (Wildman–Crippen LogP) is 2.42. The molecule has 16 heavy (non-hydrogen) atoms. The van der Waals surface area contributed by atoms with Gasteiger partial charge in [-0.25, -0.2) is 4.79 Å². The quantitative estimate of drug-likeness (QED) is 0.844. The molecule has 6 heteroatoms. The minimum absolute atomic E-state index is 0.368. The minimum atomic E-state index is -0.584. The second kappa shape index (κ2) is 4.09. The van der Waals surface area contributed by atoms with Crippen LogP contribution in [0.1, 0.15) is 5.69 Å². The fourth-order valence-corrected chi connectivity index (χ4v) is 1.25. The van der Waals surface area contributed by atoms with Gasteiger partial charge in [0.2, 0.25) is 5.76 Å². The van der Waals surface area contributed by atoms with Gasteiger partial charge in [-0.15, -0.1) is 0 Å². The van der Waals surface area contributed by atoms with E-state index in [1.54, 1.807) is 19.1 Å². The summed E-state index contributed by atoms with van der Waals surface area (Å²) in [4.78, 5) is 11.1. The Labute approximate surface area is 91.2 Å². The molecule has 0 aliphatic carbocycles. The lowest BCUT2D eigenvalue weighted by Gasteiger charge is -2.01. The van der Waals surface area contributed by atoms with E-state index in [4.69, 9.17) is 8.94 Å². The zero-order valence-corrected chi connectivity index (χ0v) is 8.81. The summed E-state index contributed by atoms with van der Waals surface area (Å²) >= 11 is 0. The number of anilines is 1. The smallest absolute Gasteiger partial charge is 0.411 e. The third kappa shape index (κ3) is 1.77. The van der Waals surface area contributed by atoms with Crippen LogP contribution in [0.3, 0.4) is 0 Å². The van der Waals surface area contributed by atoms with E-state index in [1.165, 1.54) is 13.4 Å². The second-order valence-corrected chi connectivity index (χ2v) is 3.07. The Morgan fingerprint density at radius 2 is 2.38 bits per heavy atom. The number of nitrogens with zero attached hydrogens (tertiary/aromatic N) is 1. The number of methoxy groups -OCH3 is 1. The first-order chi connectivity index (χ1) is 7.72. The van der Waals surface area contributed by atoms with Crippen molar-refractivity contribution < 1.29 is 18.5 Å². The fourth-order valence-electron chi connectivity index (χ4n) is 1.25. The number of hydrogen-bond acceptors (Lipinski definition) is 5. The molecule has 84 valence electrons. The van der Waals surface area contributed by atoms with Crippen molar-refractivity contribution in [1.29, 1.82) is 0 Å². The van der Waals surface area contributed by atoms with Crippen LogP contribution >= 0.6 is 0 Å². The average molecular weight is 222 g/mol. The van der Waals surface area contributed by atoms with Crippen molar-refractivity contribution >= 4 is 11.8 Å². The van der Waals surface area contributed by atoms with Crippen molar-refractivity contribution in [2.45, 2.75) is 6.92 Å². The topological polar surface area (TPSA) is 77.5 Å². The molecule has 0 radical (unpaired) electrons. The number of amides is 1. The molecule has 2 aromatic heterocycles. The maximum absolute atomic E-state index is 11.1. The van der Waals surface area contributed by atoms with E-state index in [1.807, 2.05) is 0 Å². The van der Waals surface area contributed by atoms with E-state index in [2.05, 4.69) is 15.2 Å². The van der Waals surface area contributed by atoms with Crippen LogP contribution in [0.2, 0.25) is 0 Å². The summed E-state index contributed by atoms with van der Waals surface area (Å²) in [5, 5.41) is 6.27. The van der Waals surface area contributed by atoms with E-state index in [0.717, 1.165) is 0 Å².